The molecule has 2 fully saturated rings. The zero-order valence-corrected chi connectivity index (χ0v) is 16.5. The topological polar surface area (TPSA) is 160 Å². The molecule has 0 aromatic heterocycles. The molecule has 1 aromatic rings. The molecule has 0 unspecified atom stereocenters. The van der Waals surface area contributed by atoms with Crippen molar-refractivity contribution >= 4 is 32.3 Å². The highest BCUT2D eigenvalue weighted by Gasteiger charge is 2.48. The summed E-state index contributed by atoms with van der Waals surface area (Å²) in [7, 11) is -9.43. The van der Waals surface area contributed by atoms with E-state index in [1.165, 1.54) is 0 Å². The fraction of sp³-hybridized carbons (Fsp3) is 0.429. The van der Waals surface area contributed by atoms with Crippen molar-refractivity contribution in [2.75, 3.05) is 6.54 Å². The van der Waals surface area contributed by atoms with Crippen molar-refractivity contribution in [1.29, 1.82) is 0 Å². The quantitative estimate of drug-likeness (QED) is 0.361. The van der Waals surface area contributed by atoms with Crippen LogP contribution in [0, 0.1) is 0 Å². The van der Waals surface area contributed by atoms with Crippen LogP contribution in [-0.2, 0) is 30.9 Å². The standard InChI is InChI=1S/C14H15F3N4O7S2/c15-14(16,17)8-1-4-10(5-2-8)29(23,24)19-12(18)11-6-3-9-7-20(11)13(22)21(9)28-30(25,26)27/h1-2,4-5,9,11H,3,6-7H2,(H2,18,19)(H,25,26,27)/t9-,11+/m1/s1. The van der Waals surface area contributed by atoms with E-state index in [1.807, 2.05) is 0 Å². The molecule has 2 saturated heterocycles. The van der Waals surface area contributed by atoms with Gasteiger partial charge in [-0.05, 0) is 37.1 Å². The van der Waals surface area contributed by atoms with E-state index < -0.39 is 61.0 Å². The molecule has 3 rings (SSSR count). The number of carbonyl (C=O) groups excluding carboxylic acids is 1. The highest BCUT2D eigenvalue weighted by Crippen LogP contribution is 2.32. The zero-order chi connectivity index (χ0) is 22.5. The number of nitrogens with two attached hydrogens (primary N) is 1. The summed E-state index contributed by atoms with van der Waals surface area (Å²) in [4.78, 5) is 12.8. The van der Waals surface area contributed by atoms with Crippen molar-refractivity contribution in [1.82, 2.24) is 9.96 Å². The second-order valence-corrected chi connectivity index (χ2v) is 9.13. The number of urea groups is 1. The molecular weight excluding hydrogens is 457 g/mol. The minimum Gasteiger partial charge on any atom is -0.385 e. The van der Waals surface area contributed by atoms with Gasteiger partial charge in [0.05, 0.1) is 22.5 Å². The van der Waals surface area contributed by atoms with E-state index in [1.54, 1.807) is 0 Å². The number of alkyl halides is 3. The molecule has 2 atom stereocenters. The van der Waals surface area contributed by atoms with Gasteiger partial charge in [0, 0.05) is 6.54 Å². The lowest BCUT2D eigenvalue weighted by Crippen LogP contribution is -2.48. The summed E-state index contributed by atoms with van der Waals surface area (Å²) < 4.78 is 101. The summed E-state index contributed by atoms with van der Waals surface area (Å²) in [5.74, 6) is -0.504. The molecule has 0 spiro atoms. The first kappa shape index (κ1) is 22.3. The molecule has 30 heavy (non-hydrogen) atoms. The molecule has 0 aliphatic carbocycles. The second-order valence-electron chi connectivity index (χ2n) is 6.52. The molecular formula is C14H15F3N4O7S2. The summed E-state index contributed by atoms with van der Waals surface area (Å²) >= 11 is 0. The maximum Gasteiger partial charge on any atom is 0.418 e. The maximum absolute atomic E-state index is 12.6. The molecule has 2 aliphatic rings. The molecule has 11 nitrogen and oxygen atoms in total. The van der Waals surface area contributed by atoms with E-state index in [-0.39, 0.29) is 19.4 Å². The van der Waals surface area contributed by atoms with Gasteiger partial charge in [-0.3, -0.25) is 4.55 Å². The number of benzene rings is 1. The number of hydrogen-bond acceptors (Lipinski definition) is 6. The van der Waals surface area contributed by atoms with Crippen molar-refractivity contribution in [2.24, 2.45) is 10.1 Å². The average molecular weight is 472 g/mol. The van der Waals surface area contributed by atoms with Crippen LogP contribution in [0.5, 0.6) is 0 Å². The van der Waals surface area contributed by atoms with E-state index >= 15 is 0 Å². The Balaban J connectivity index is 1.82. The molecule has 2 bridgehead atoms. The van der Waals surface area contributed by atoms with E-state index in [4.69, 9.17) is 10.3 Å². The molecule has 2 amide bonds. The van der Waals surface area contributed by atoms with Crippen LogP contribution in [0.1, 0.15) is 18.4 Å². The molecule has 0 saturated carbocycles. The Hall–Kier alpha value is -2.43. The van der Waals surface area contributed by atoms with Gasteiger partial charge in [0.1, 0.15) is 5.84 Å². The van der Waals surface area contributed by atoms with E-state index in [9.17, 15) is 34.8 Å². The highest BCUT2D eigenvalue weighted by molar-refractivity contribution is 7.90. The van der Waals surface area contributed by atoms with Gasteiger partial charge in [-0.1, -0.05) is 0 Å². The Bertz CT molecular complexity index is 1090. The van der Waals surface area contributed by atoms with Gasteiger partial charge in [0.25, 0.3) is 10.0 Å². The zero-order valence-electron chi connectivity index (χ0n) is 14.9. The smallest absolute Gasteiger partial charge is 0.385 e. The SMILES string of the molecule is NC(=NS(=O)(=O)c1ccc(C(F)(F)F)cc1)[C@@H]1CC[C@@H]2CN1C(=O)N2OS(=O)(=O)O. The summed E-state index contributed by atoms with van der Waals surface area (Å²) in [6.45, 7) is -0.0600. The maximum atomic E-state index is 12.6. The lowest BCUT2D eigenvalue weighted by molar-refractivity contribution is -0.137. The first-order chi connectivity index (χ1) is 13.7. The summed E-state index contributed by atoms with van der Waals surface area (Å²) in [5, 5.41) is 0.451. The van der Waals surface area contributed by atoms with Gasteiger partial charge < -0.3 is 10.6 Å². The number of rotatable bonds is 5. The molecule has 1 aromatic carbocycles. The predicted molar refractivity (Wildman–Crippen MR) is 93.6 cm³/mol. The first-order valence-electron chi connectivity index (χ1n) is 8.23. The van der Waals surface area contributed by atoms with Crippen molar-refractivity contribution in [2.45, 2.75) is 36.0 Å². The Kier molecular flexibility index (Phi) is 5.46. The molecule has 0 radical (unpaired) electrons. The van der Waals surface area contributed by atoms with Gasteiger partial charge in [0.2, 0.25) is 0 Å². The summed E-state index contributed by atoms with van der Waals surface area (Å²) in [6, 6.07) is -0.0760. The van der Waals surface area contributed by atoms with Crippen LogP contribution in [0.3, 0.4) is 0 Å². The van der Waals surface area contributed by atoms with Crippen molar-refractivity contribution < 1.29 is 43.6 Å². The van der Waals surface area contributed by atoms with Crippen molar-refractivity contribution in [3.8, 4) is 0 Å². The number of nitrogens with zero attached hydrogens (tertiary/aromatic N) is 3. The van der Waals surface area contributed by atoms with E-state index in [0.717, 1.165) is 17.0 Å². The molecule has 16 heteroatoms. The van der Waals surface area contributed by atoms with Crippen LogP contribution in [0.2, 0.25) is 0 Å². The first-order valence-corrected chi connectivity index (χ1v) is 11.0. The highest BCUT2D eigenvalue weighted by atomic mass is 32.3. The lowest BCUT2D eigenvalue weighted by Gasteiger charge is -2.29. The van der Waals surface area contributed by atoms with Crippen LogP contribution in [0.15, 0.2) is 33.6 Å². The van der Waals surface area contributed by atoms with E-state index in [0.29, 0.717) is 17.2 Å². The largest absolute Gasteiger partial charge is 0.418 e. The van der Waals surface area contributed by atoms with Gasteiger partial charge in [0.15, 0.2) is 0 Å². The third kappa shape index (κ3) is 4.50. The number of sulfonamides is 1. The molecule has 3 N–H and O–H groups in total. The predicted octanol–water partition coefficient (Wildman–Crippen LogP) is 0.754. The Morgan fingerprint density at radius 1 is 1.17 bits per heavy atom. The number of fused-ring (bicyclic) bond motifs is 2. The van der Waals surface area contributed by atoms with Crippen LogP contribution >= 0.6 is 0 Å². The number of piperidine rings is 1. The van der Waals surface area contributed by atoms with Crippen molar-refractivity contribution in [3.63, 3.8) is 0 Å². The number of carbonyl (C=O) groups is 1. The van der Waals surface area contributed by atoms with Gasteiger partial charge in [-0.15, -0.1) is 8.68 Å². The summed E-state index contributed by atoms with van der Waals surface area (Å²) in [6.07, 6.45) is -4.37. The average Bonchev–Trinajstić information content (AvgIpc) is 2.84. The van der Waals surface area contributed by atoms with Crippen LogP contribution in [0.25, 0.3) is 0 Å². The van der Waals surface area contributed by atoms with Gasteiger partial charge in [-0.25, -0.2) is 4.79 Å². The third-order valence-electron chi connectivity index (χ3n) is 4.54. The third-order valence-corrected chi connectivity index (χ3v) is 6.21. The number of halogens is 3. The molecule has 2 aliphatic heterocycles. The number of hydrogen-bond donors (Lipinski definition) is 2. The molecule has 2 heterocycles. The second kappa shape index (κ2) is 7.36. The Labute approximate surface area is 168 Å². The van der Waals surface area contributed by atoms with E-state index in [2.05, 4.69) is 8.68 Å². The number of hydroxylamine groups is 2. The van der Waals surface area contributed by atoms with Crippen molar-refractivity contribution in [3.05, 3.63) is 29.8 Å². The number of amides is 2. The Morgan fingerprint density at radius 3 is 2.30 bits per heavy atom. The van der Waals surface area contributed by atoms with Crippen LogP contribution < -0.4 is 5.73 Å². The Morgan fingerprint density at radius 2 is 1.77 bits per heavy atom. The van der Waals surface area contributed by atoms with Gasteiger partial charge in [-0.2, -0.15) is 35.1 Å². The minimum absolute atomic E-state index is 0.0600. The lowest BCUT2D eigenvalue weighted by atomic mass is 10.0. The monoisotopic (exact) mass is 472 g/mol. The minimum atomic E-state index is -4.95. The summed E-state index contributed by atoms with van der Waals surface area (Å²) in [5.41, 5.74) is 4.72. The fourth-order valence-electron chi connectivity index (χ4n) is 3.21. The van der Waals surface area contributed by atoms with Crippen LogP contribution in [0.4, 0.5) is 18.0 Å². The van der Waals surface area contributed by atoms with Crippen LogP contribution in [-0.4, -0.2) is 61.8 Å². The van der Waals surface area contributed by atoms with Gasteiger partial charge >= 0.3 is 22.6 Å². The number of amidine groups is 1. The fourth-order valence-corrected chi connectivity index (χ4v) is 4.58. The molecule has 166 valence electrons. The normalized spacial score (nSPS) is 23.2.